The van der Waals surface area contributed by atoms with E-state index in [0.717, 1.165) is 12.1 Å². The summed E-state index contributed by atoms with van der Waals surface area (Å²) in [4.78, 5) is 27.0. The summed E-state index contributed by atoms with van der Waals surface area (Å²) in [6.07, 6.45) is 1.30. The molecule has 1 aliphatic rings. The van der Waals surface area contributed by atoms with Gasteiger partial charge in [-0.05, 0) is 62.2 Å². The van der Waals surface area contributed by atoms with Gasteiger partial charge >= 0.3 is 0 Å². The molecule has 1 aliphatic heterocycles. The van der Waals surface area contributed by atoms with Crippen molar-refractivity contribution in [3.8, 4) is 5.75 Å². The lowest BCUT2D eigenvalue weighted by atomic mass is 9.89. The van der Waals surface area contributed by atoms with Crippen molar-refractivity contribution in [2.45, 2.75) is 19.8 Å². The Morgan fingerprint density at radius 2 is 1.78 bits per heavy atom. The van der Waals surface area contributed by atoms with Gasteiger partial charge in [-0.25, -0.2) is 8.78 Å². The lowest BCUT2D eigenvalue weighted by Crippen LogP contribution is -2.42. The summed E-state index contributed by atoms with van der Waals surface area (Å²) in [5.41, 5.74) is 0.661. The number of halogens is 2. The van der Waals surface area contributed by atoms with E-state index in [1.54, 1.807) is 29.2 Å². The van der Waals surface area contributed by atoms with E-state index in [1.807, 2.05) is 6.92 Å². The molecule has 0 spiro atoms. The number of amides is 1. The number of nitrogens with zero attached hydrogens (tertiary/aromatic N) is 1. The average Bonchev–Trinajstić information content (AvgIpc) is 2.70. The predicted octanol–water partition coefficient (Wildman–Crippen LogP) is 4.10. The van der Waals surface area contributed by atoms with E-state index in [2.05, 4.69) is 0 Å². The first-order valence-electron chi connectivity index (χ1n) is 9.01. The number of carbonyl (C=O) groups is 2. The quantitative estimate of drug-likeness (QED) is 0.742. The summed E-state index contributed by atoms with van der Waals surface area (Å²) < 4.78 is 31.9. The number of hydrogen-bond donors (Lipinski definition) is 0. The number of ketones is 1. The van der Waals surface area contributed by atoms with E-state index < -0.39 is 17.6 Å². The van der Waals surface area contributed by atoms with Gasteiger partial charge in [-0.1, -0.05) is 0 Å². The normalized spacial score (nSPS) is 16.9. The number of likely N-dealkylation sites (tertiary alicyclic amines) is 1. The van der Waals surface area contributed by atoms with E-state index in [9.17, 15) is 18.4 Å². The van der Waals surface area contributed by atoms with E-state index in [-0.39, 0.29) is 23.8 Å². The molecule has 142 valence electrons. The molecule has 0 aromatic heterocycles. The molecule has 6 heteroatoms. The fourth-order valence-corrected chi connectivity index (χ4v) is 3.30. The van der Waals surface area contributed by atoms with Crippen LogP contribution in [0.4, 0.5) is 8.78 Å². The molecule has 27 heavy (non-hydrogen) atoms. The topological polar surface area (TPSA) is 46.6 Å². The molecule has 2 aromatic carbocycles. The number of piperidine rings is 1. The Balaban J connectivity index is 1.70. The number of Topliss-reactive ketones (excluding diaryl/α,β-unsaturated/α-hetero) is 1. The van der Waals surface area contributed by atoms with Crippen LogP contribution in [0.5, 0.6) is 5.75 Å². The Morgan fingerprint density at radius 1 is 1.07 bits per heavy atom. The van der Waals surface area contributed by atoms with E-state index >= 15 is 0 Å². The minimum atomic E-state index is -1.04. The highest BCUT2D eigenvalue weighted by Gasteiger charge is 2.29. The van der Waals surface area contributed by atoms with Crippen molar-refractivity contribution in [3.63, 3.8) is 0 Å². The van der Waals surface area contributed by atoms with E-state index in [4.69, 9.17) is 4.74 Å². The first-order chi connectivity index (χ1) is 13.0. The van der Waals surface area contributed by atoms with Gasteiger partial charge in [0.05, 0.1) is 6.61 Å². The largest absolute Gasteiger partial charge is 0.494 e. The number of ether oxygens (including phenoxy) is 1. The zero-order valence-electron chi connectivity index (χ0n) is 15.1. The van der Waals surface area contributed by atoms with E-state index in [0.29, 0.717) is 37.3 Å². The van der Waals surface area contributed by atoms with Crippen LogP contribution < -0.4 is 4.74 Å². The third-order valence-corrected chi connectivity index (χ3v) is 4.70. The number of carbonyl (C=O) groups excluding carboxylic acids is 2. The van der Waals surface area contributed by atoms with Crippen LogP contribution >= 0.6 is 0 Å². The molecule has 0 bridgehead atoms. The summed E-state index contributed by atoms with van der Waals surface area (Å²) in [5.74, 6) is -2.17. The zero-order valence-corrected chi connectivity index (χ0v) is 15.1. The summed E-state index contributed by atoms with van der Waals surface area (Å²) >= 11 is 0. The Hall–Kier alpha value is -2.76. The molecular formula is C21H21F2NO3. The Bertz CT molecular complexity index is 836. The van der Waals surface area contributed by atoms with Gasteiger partial charge in [-0.15, -0.1) is 0 Å². The maximum atomic E-state index is 13.4. The molecule has 0 radical (unpaired) electrons. The minimum absolute atomic E-state index is 0.134. The second-order valence-corrected chi connectivity index (χ2v) is 6.54. The number of benzene rings is 2. The smallest absolute Gasteiger partial charge is 0.253 e. The third kappa shape index (κ3) is 4.32. The Morgan fingerprint density at radius 3 is 2.44 bits per heavy atom. The van der Waals surface area contributed by atoms with Gasteiger partial charge in [-0.2, -0.15) is 0 Å². The lowest BCUT2D eigenvalue weighted by Gasteiger charge is -2.32. The third-order valence-electron chi connectivity index (χ3n) is 4.70. The van der Waals surface area contributed by atoms with Gasteiger partial charge in [-0.3, -0.25) is 9.59 Å². The van der Waals surface area contributed by atoms with Crippen LogP contribution in [0.25, 0.3) is 0 Å². The average molecular weight is 373 g/mol. The van der Waals surface area contributed by atoms with Crippen molar-refractivity contribution < 1.29 is 23.1 Å². The van der Waals surface area contributed by atoms with Crippen LogP contribution in [0.3, 0.4) is 0 Å². The van der Waals surface area contributed by atoms with Crippen molar-refractivity contribution in [2.75, 3.05) is 19.7 Å². The van der Waals surface area contributed by atoms with Gasteiger partial charge in [0.15, 0.2) is 17.4 Å². The standard InChI is InChI=1S/C21H21F2NO3/c1-2-27-17-8-5-14(6-9-17)21(26)24-11-3-4-16(13-24)20(25)15-7-10-18(22)19(23)12-15/h5-10,12,16H,2-4,11,13H2,1H3. The monoisotopic (exact) mass is 373 g/mol. The van der Waals surface area contributed by atoms with Crippen molar-refractivity contribution in [2.24, 2.45) is 5.92 Å². The molecule has 1 saturated heterocycles. The Labute approximate surface area is 156 Å². The van der Waals surface area contributed by atoms with Crippen LogP contribution in [-0.2, 0) is 0 Å². The summed E-state index contributed by atoms with van der Waals surface area (Å²) in [6, 6.07) is 10.0. The van der Waals surface area contributed by atoms with Crippen molar-refractivity contribution in [1.29, 1.82) is 0 Å². The SMILES string of the molecule is CCOc1ccc(C(=O)N2CCCC(C(=O)c3ccc(F)c(F)c3)C2)cc1. The van der Waals surface area contributed by atoms with Crippen LogP contribution in [0.15, 0.2) is 42.5 Å². The highest BCUT2D eigenvalue weighted by atomic mass is 19.2. The number of hydrogen-bond acceptors (Lipinski definition) is 3. The van der Waals surface area contributed by atoms with Crippen LogP contribution in [0, 0.1) is 17.6 Å². The van der Waals surface area contributed by atoms with Gasteiger partial charge in [0.2, 0.25) is 0 Å². The Kier molecular flexibility index (Phi) is 5.84. The summed E-state index contributed by atoms with van der Waals surface area (Å²) in [7, 11) is 0. The first-order valence-corrected chi connectivity index (χ1v) is 9.01. The lowest BCUT2D eigenvalue weighted by molar-refractivity contribution is 0.0637. The second-order valence-electron chi connectivity index (χ2n) is 6.54. The van der Waals surface area contributed by atoms with Crippen molar-refractivity contribution in [1.82, 2.24) is 4.90 Å². The molecule has 1 heterocycles. The minimum Gasteiger partial charge on any atom is -0.494 e. The molecule has 1 atom stereocenters. The number of rotatable bonds is 5. The second kappa shape index (κ2) is 8.29. The molecule has 1 amide bonds. The van der Waals surface area contributed by atoms with E-state index in [1.165, 1.54) is 6.07 Å². The molecule has 0 saturated carbocycles. The zero-order chi connectivity index (χ0) is 19.4. The van der Waals surface area contributed by atoms with Crippen LogP contribution in [-0.4, -0.2) is 36.3 Å². The molecular weight excluding hydrogens is 352 g/mol. The van der Waals surface area contributed by atoms with Gasteiger partial charge in [0.25, 0.3) is 5.91 Å². The fraction of sp³-hybridized carbons (Fsp3) is 0.333. The summed E-state index contributed by atoms with van der Waals surface area (Å²) in [6.45, 7) is 3.27. The maximum Gasteiger partial charge on any atom is 0.253 e. The van der Waals surface area contributed by atoms with Crippen LogP contribution in [0.2, 0.25) is 0 Å². The highest BCUT2D eigenvalue weighted by molar-refractivity contribution is 5.99. The van der Waals surface area contributed by atoms with Crippen LogP contribution in [0.1, 0.15) is 40.5 Å². The molecule has 3 rings (SSSR count). The highest BCUT2D eigenvalue weighted by Crippen LogP contribution is 2.24. The van der Waals surface area contributed by atoms with Crippen molar-refractivity contribution in [3.05, 3.63) is 65.2 Å². The molecule has 1 unspecified atom stereocenters. The van der Waals surface area contributed by atoms with Gasteiger partial charge < -0.3 is 9.64 Å². The summed E-state index contributed by atoms with van der Waals surface area (Å²) in [5, 5.41) is 0. The fourth-order valence-electron chi connectivity index (χ4n) is 3.30. The predicted molar refractivity (Wildman–Crippen MR) is 96.9 cm³/mol. The molecule has 2 aromatic rings. The molecule has 0 aliphatic carbocycles. The first kappa shape index (κ1) is 19.0. The van der Waals surface area contributed by atoms with Gasteiger partial charge in [0, 0.05) is 30.1 Å². The van der Waals surface area contributed by atoms with Crippen molar-refractivity contribution >= 4 is 11.7 Å². The molecule has 4 nitrogen and oxygen atoms in total. The van der Waals surface area contributed by atoms with Gasteiger partial charge in [0.1, 0.15) is 5.75 Å². The maximum absolute atomic E-state index is 13.4. The molecule has 1 fully saturated rings. The molecule has 0 N–H and O–H groups in total.